The van der Waals surface area contributed by atoms with Gasteiger partial charge >= 0.3 is 0 Å². The first-order chi connectivity index (χ1) is 9.24. The molecule has 4 heteroatoms. The number of benzene rings is 1. The quantitative estimate of drug-likeness (QED) is 0.831. The Morgan fingerprint density at radius 3 is 2.89 bits per heavy atom. The molecule has 19 heavy (non-hydrogen) atoms. The van der Waals surface area contributed by atoms with Crippen molar-refractivity contribution in [3.05, 3.63) is 24.3 Å². The maximum absolute atomic E-state index is 5.40. The normalized spacial score (nSPS) is 28.2. The summed E-state index contributed by atoms with van der Waals surface area (Å²) in [6, 6.07) is 8.41. The molecule has 0 heterocycles. The Balaban J connectivity index is 1.56. The molecule has 0 amide bonds. The van der Waals surface area contributed by atoms with E-state index in [0.717, 1.165) is 28.4 Å². The van der Waals surface area contributed by atoms with Gasteiger partial charge in [-0.05, 0) is 55.4 Å². The Labute approximate surface area is 119 Å². The van der Waals surface area contributed by atoms with Crippen molar-refractivity contribution >= 4 is 23.0 Å². The molecule has 102 valence electrons. The number of hydrogen-bond donors (Lipinski definition) is 2. The molecule has 3 nitrogen and oxygen atoms in total. The maximum atomic E-state index is 5.40. The fourth-order valence-corrected chi connectivity index (χ4v) is 3.73. The van der Waals surface area contributed by atoms with Crippen LogP contribution >= 0.6 is 12.2 Å². The van der Waals surface area contributed by atoms with Crippen LogP contribution in [0.1, 0.15) is 25.7 Å². The van der Waals surface area contributed by atoms with Crippen LogP contribution in [0.2, 0.25) is 0 Å². The first-order valence-electron chi connectivity index (χ1n) is 6.96. The van der Waals surface area contributed by atoms with Gasteiger partial charge in [0.25, 0.3) is 0 Å². The Morgan fingerprint density at radius 2 is 2.21 bits per heavy atom. The second-order valence-electron chi connectivity index (χ2n) is 5.61. The largest absolute Gasteiger partial charge is 0.497 e. The standard InChI is InChI=1S/C15H20N2OS/c1-18-13-4-2-3-12(9-13)16-15(19)17-14-8-10-5-6-11(14)7-10/h2-4,9-11,14H,5-8H2,1H3,(H2,16,17,19). The third kappa shape index (κ3) is 2.84. The van der Waals surface area contributed by atoms with Gasteiger partial charge in [0, 0.05) is 17.8 Å². The molecule has 3 unspecified atom stereocenters. The van der Waals surface area contributed by atoms with E-state index in [9.17, 15) is 0 Å². The number of fused-ring (bicyclic) bond motifs is 2. The summed E-state index contributed by atoms with van der Waals surface area (Å²) >= 11 is 5.40. The summed E-state index contributed by atoms with van der Waals surface area (Å²) in [5.74, 6) is 2.60. The van der Waals surface area contributed by atoms with E-state index >= 15 is 0 Å². The molecule has 0 spiro atoms. The summed E-state index contributed by atoms with van der Waals surface area (Å²) in [6.07, 6.45) is 5.45. The summed E-state index contributed by atoms with van der Waals surface area (Å²) < 4.78 is 5.21. The SMILES string of the molecule is COc1cccc(NC(=S)NC2CC3CCC2C3)c1. The van der Waals surface area contributed by atoms with Crippen LogP contribution in [0, 0.1) is 11.8 Å². The number of thiocarbonyl (C=S) groups is 1. The fourth-order valence-electron chi connectivity index (χ4n) is 3.46. The number of nitrogens with one attached hydrogen (secondary N) is 2. The summed E-state index contributed by atoms with van der Waals surface area (Å²) in [5.41, 5.74) is 0.972. The van der Waals surface area contributed by atoms with Gasteiger partial charge < -0.3 is 15.4 Å². The zero-order chi connectivity index (χ0) is 13.2. The molecule has 2 fully saturated rings. The average molecular weight is 276 g/mol. The van der Waals surface area contributed by atoms with Crippen LogP contribution in [-0.4, -0.2) is 18.3 Å². The predicted molar refractivity (Wildman–Crippen MR) is 81.6 cm³/mol. The van der Waals surface area contributed by atoms with Crippen molar-refractivity contribution in [2.45, 2.75) is 31.7 Å². The third-order valence-electron chi connectivity index (χ3n) is 4.38. The van der Waals surface area contributed by atoms with Crippen molar-refractivity contribution in [3.63, 3.8) is 0 Å². The molecule has 0 radical (unpaired) electrons. The maximum Gasteiger partial charge on any atom is 0.171 e. The molecule has 3 rings (SSSR count). The second kappa shape index (κ2) is 5.37. The number of hydrogen-bond acceptors (Lipinski definition) is 2. The van der Waals surface area contributed by atoms with E-state index in [4.69, 9.17) is 17.0 Å². The number of rotatable bonds is 3. The second-order valence-corrected chi connectivity index (χ2v) is 6.02. The van der Waals surface area contributed by atoms with Crippen molar-refractivity contribution in [2.24, 2.45) is 11.8 Å². The number of anilines is 1. The number of methoxy groups -OCH3 is 1. The fraction of sp³-hybridized carbons (Fsp3) is 0.533. The van der Waals surface area contributed by atoms with E-state index in [-0.39, 0.29) is 0 Å². The van der Waals surface area contributed by atoms with Crippen molar-refractivity contribution in [3.8, 4) is 5.75 Å². The summed E-state index contributed by atoms with van der Waals surface area (Å²) in [4.78, 5) is 0. The Kier molecular flexibility index (Phi) is 3.60. The lowest BCUT2D eigenvalue weighted by Crippen LogP contribution is -2.40. The van der Waals surface area contributed by atoms with Gasteiger partial charge in [-0.2, -0.15) is 0 Å². The van der Waals surface area contributed by atoms with Crippen molar-refractivity contribution in [1.82, 2.24) is 5.32 Å². The van der Waals surface area contributed by atoms with E-state index in [0.29, 0.717) is 6.04 Å². The lowest BCUT2D eigenvalue weighted by Gasteiger charge is -2.24. The van der Waals surface area contributed by atoms with E-state index < -0.39 is 0 Å². The highest BCUT2D eigenvalue weighted by Crippen LogP contribution is 2.44. The summed E-state index contributed by atoms with van der Waals surface area (Å²) in [6.45, 7) is 0. The van der Waals surface area contributed by atoms with Crippen LogP contribution in [0.25, 0.3) is 0 Å². The van der Waals surface area contributed by atoms with Gasteiger partial charge in [-0.1, -0.05) is 12.5 Å². The topological polar surface area (TPSA) is 33.3 Å². The van der Waals surface area contributed by atoms with E-state index in [1.54, 1.807) is 7.11 Å². The average Bonchev–Trinajstić information content (AvgIpc) is 3.01. The lowest BCUT2D eigenvalue weighted by atomic mass is 9.96. The molecule has 2 saturated carbocycles. The van der Waals surface area contributed by atoms with Gasteiger partial charge in [0.15, 0.2) is 5.11 Å². The molecule has 0 aromatic heterocycles. The first-order valence-corrected chi connectivity index (χ1v) is 7.37. The highest BCUT2D eigenvalue weighted by atomic mass is 32.1. The Bertz CT molecular complexity index is 477. The van der Waals surface area contributed by atoms with Crippen LogP contribution in [0.3, 0.4) is 0 Å². The first kappa shape index (κ1) is 12.7. The summed E-state index contributed by atoms with van der Waals surface area (Å²) in [5, 5.41) is 7.45. The van der Waals surface area contributed by atoms with Gasteiger partial charge in [0.1, 0.15) is 5.75 Å². The van der Waals surface area contributed by atoms with Crippen LogP contribution in [0.5, 0.6) is 5.75 Å². The van der Waals surface area contributed by atoms with Crippen LogP contribution in [-0.2, 0) is 0 Å². The van der Waals surface area contributed by atoms with Gasteiger partial charge in [-0.15, -0.1) is 0 Å². The molecule has 0 saturated heterocycles. The molecule has 1 aromatic carbocycles. The van der Waals surface area contributed by atoms with E-state index in [1.807, 2.05) is 24.3 Å². The van der Waals surface area contributed by atoms with Crippen LogP contribution < -0.4 is 15.4 Å². The van der Waals surface area contributed by atoms with E-state index in [2.05, 4.69) is 10.6 Å². The van der Waals surface area contributed by atoms with Gasteiger partial charge in [0.05, 0.1) is 7.11 Å². The Morgan fingerprint density at radius 1 is 1.32 bits per heavy atom. The van der Waals surface area contributed by atoms with E-state index in [1.165, 1.54) is 25.7 Å². The van der Waals surface area contributed by atoms with Crippen molar-refractivity contribution in [1.29, 1.82) is 0 Å². The molecule has 2 N–H and O–H groups in total. The molecule has 2 aliphatic carbocycles. The monoisotopic (exact) mass is 276 g/mol. The molecule has 0 aliphatic heterocycles. The smallest absolute Gasteiger partial charge is 0.171 e. The Hall–Kier alpha value is -1.29. The minimum absolute atomic E-state index is 0.573. The minimum atomic E-state index is 0.573. The molecular weight excluding hydrogens is 256 g/mol. The van der Waals surface area contributed by atoms with Crippen molar-refractivity contribution in [2.75, 3.05) is 12.4 Å². The molecular formula is C15H20N2OS. The third-order valence-corrected chi connectivity index (χ3v) is 4.60. The summed E-state index contributed by atoms with van der Waals surface area (Å²) in [7, 11) is 1.67. The zero-order valence-corrected chi connectivity index (χ0v) is 12.0. The van der Waals surface area contributed by atoms with Crippen molar-refractivity contribution < 1.29 is 4.74 Å². The van der Waals surface area contributed by atoms with Gasteiger partial charge in [0.2, 0.25) is 0 Å². The number of ether oxygens (including phenoxy) is 1. The molecule has 2 bridgehead atoms. The highest BCUT2D eigenvalue weighted by Gasteiger charge is 2.39. The molecule has 2 aliphatic rings. The van der Waals surface area contributed by atoms with Gasteiger partial charge in [-0.3, -0.25) is 0 Å². The predicted octanol–water partition coefficient (Wildman–Crippen LogP) is 3.17. The van der Waals surface area contributed by atoms with Crippen LogP contribution in [0.4, 0.5) is 5.69 Å². The molecule has 3 atom stereocenters. The van der Waals surface area contributed by atoms with Gasteiger partial charge in [-0.25, -0.2) is 0 Å². The molecule has 1 aromatic rings. The highest BCUT2D eigenvalue weighted by molar-refractivity contribution is 7.80. The lowest BCUT2D eigenvalue weighted by molar-refractivity contribution is 0.392. The van der Waals surface area contributed by atoms with Crippen LogP contribution in [0.15, 0.2) is 24.3 Å². The minimum Gasteiger partial charge on any atom is -0.497 e. The zero-order valence-electron chi connectivity index (χ0n) is 11.2.